The van der Waals surface area contributed by atoms with Crippen molar-refractivity contribution >= 4 is 6.08 Å². The van der Waals surface area contributed by atoms with Crippen molar-refractivity contribution in [3.8, 4) is 0 Å². The number of benzene rings is 1. The molecular weight excluding hydrogens is 305 g/mol. The average Bonchev–Trinajstić information content (AvgIpc) is 3.33. The molecule has 0 aliphatic heterocycles. The number of rotatable bonds is 4. The van der Waals surface area contributed by atoms with E-state index < -0.39 is 17.3 Å². The first-order chi connectivity index (χ1) is 10.9. The molecule has 1 saturated carbocycles. The fourth-order valence-electron chi connectivity index (χ4n) is 2.32. The molecule has 0 saturated heterocycles. The van der Waals surface area contributed by atoms with Crippen LogP contribution >= 0.6 is 0 Å². The smallest absolute Gasteiger partial charge is 0.267 e. The van der Waals surface area contributed by atoms with E-state index in [1.54, 1.807) is 12.2 Å². The number of alkyl halides is 3. The van der Waals surface area contributed by atoms with Crippen LogP contribution in [0.25, 0.3) is 6.08 Å². The van der Waals surface area contributed by atoms with Gasteiger partial charge in [0, 0.05) is 5.92 Å². The maximum absolute atomic E-state index is 13.0. The molecule has 1 aliphatic rings. The summed E-state index contributed by atoms with van der Waals surface area (Å²) in [5.74, 6) is 0.0426. The molecule has 3 rings (SSSR count). The lowest BCUT2D eigenvalue weighted by Crippen LogP contribution is -2.31. The molecule has 120 valence electrons. The molecule has 1 aliphatic carbocycles. The van der Waals surface area contributed by atoms with Crippen LogP contribution in [0.3, 0.4) is 0 Å². The van der Waals surface area contributed by atoms with Gasteiger partial charge in [-0.15, -0.1) is 0 Å². The Kier molecular flexibility index (Phi) is 4.07. The molecule has 1 fully saturated rings. The van der Waals surface area contributed by atoms with Crippen molar-refractivity contribution in [3.63, 3.8) is 0 Å². The minimum absolute atomic E-state index is 0.0113. The van der Waals surface area contributed by atoms with Crippen LogP contribution in [0.4, 0.5) is 13.2 Å². The zero-order chi connectivity index (χ0) is 16.4. The molecule has 0 bridgehead atoms. The van der Waals surface area contributed by atoms with Crippen LogP contribution in [0.1, 0.15) is 35.6 Å². The van der Waals surface area contributed by atoms with Crippen LogP contribution in [-0.2, 0) is 12.7 Å². The highest BCUT2D eigenvalue weighted by atomic mass is 19.4. The van der Waals surface area contributed by atoms with E-state index in [1.165, 1.54) is 0 Å². The van der Waals surface area contributed by atoms with E-state index in [9.17, 15) is 18.0 Å². The van der Waals surface area contributed by atoms with Crippen LogP contribution in [0.2, 0.25) is 0 Å². The zero-order valence-electron chi connectivity index (χ0n) is 12.3. The second-order valence-electron chi connectivity index (χ2n) is 5.56. The van der Waals surface area contributed by atoms with Gasteiger partial charge in [-0.05, 0) is 24.5 Å². The predicted molar refractivity (Wildman–Crippen MR) is 81.0 cm³/mol. The third-order valence-electron chi connectivity index (χ3n) is 3.68. The molecule has 0 unspecified atom stereocenters. The van der Waals surface area contributed by atoms with Gasteiger partial charge in [0.25, 0.3) is 5.56 Å². The topological polar surface area (TPSA) is 34.9 Å². The van der Waals surface area contributed by atoms with Gasteiger partial charge in [0.05, 0.1) is 12.2 Å². The van der Waals surface area contributed by atoms with Crippen molar-refractivity contribution < 1.29 is 13.2 Å². The highest BCUT2D eigenvalue weighted by Gasteiger charge is 2.37. The van der Waals surface area contributed by atoms with Gasteiger partial charge < -0.3 is 0 Å². The lowest BCUT2D eigenvalue weighted by molar-refractivity contribution is -0.139. The molecule has 23 heavy (non-hydrogen) atoms. The van der Waals surface area contributed by atoms with E-state index >= 15 is 0 Å². The average molecular weight is 320 g/mol. The van der Waals surface area contributed by atoms with E-state index in [4.69, 9.17) is 0 Å². The number of halogens is 3. The van der Waals surface area contributed by atoms with Crippen LogP contribution in [0, 0.1) is 0 Å². The highest BCUT2D eigenvalue weighted by Crippen LogP contribution is 2.40. The standard InChI is InChI=1S/C17H15F3N2O/c18-17(19,20)14-11-15(13-8-9-13)21-22(16(14)23)10-4-7-12-5-2-1-3-6-12/h1-7,11,13H,8-10H2/b7-4+. The first-order valence-electron chi connectivity index (χ1n) is 7.36. The maximum atomic E-state index is 13.0. The maximum Gasteiger partial charge on any atom is 0.421 e. The van der Waals surface area contributed by atoms with Crippen LogP contribution < -0.4 is 5.56 Å². The summed E-state index contributed by atoms with van der Waals surface area (Å²) in [4.78, 5) is 12.0. The molecule has 1 aromatic carbocycles. The number of hydrogen-bond donors (Lipinski definition) is 0. The Morgan fingerprint density at radius 1 is 1.22 bits per heavy atom. The van der Waals surface area contributed by atoms with Gasteiger partial charge >= 0.3 is 6.18 Å². The van der Waals surface area contributed by atoms with Gasteiger partial charge in [0.1, 0.15) is 5.56 Å². The van der Waals surface area contributed by atoms with E-state index in [1.807, 2.05) is 30.3 Å². The van der Waals surface area contributed by atoms with E-state index in [2.05, 4.69) is 5.10 Å². The molecule has 1 heterocycles. The molecule has 0 atom stereocenters. The summed E-state index contributed by atoms with van der Waals surface area (Å²) in [7, 11) is 0. The van der Waals surface area contributed by atoms with Gasteiger partial charge in [-0.3, -0.25) is 4.79 Å². The van der Waals surface area contributed by atoms with Gasteiger partial charge in [0.15, 0.2) is 0 Å². The Labute approximate surface area is 131 Å². The SMILES string of the molecule is O=c1c(C(F)(F)F)cc(C2CC2)nn1C/C=C/c1ccccc1. The Hall–Kier alpha value is -2.37. The van der Waals surface area contributed by atoms with Crippen molar-refractivity contribution in [3.05, 3.63) is 69.6 Å². The Bertz CT molecular complexity index is 775. The van der Waals surface area contributed by atoms with Crippen LogP contribution in [0.15, 0.2) is 47.3 Å². The summed E-state index contributed by atoms with van der Waals surface area (Å²) in [6.07, 6.45) is 0.380. The van der Waals surface area contributed by atoms with Crippen molar-refractivity contribution in [2.24, 2.45) is 0 Å². The van der Waals surface area contributed by atoms with Crippen molar-refractivity contribution in [1.29, 1.82) is 0 Å². The molecule has 3 nitrogen and oxygen atoms in total. The molecule has 6 heteroatoms. The van der Waals surface area contributed by atoms with Crippen molar-refractivity contribution in [1.82, 2.24) is 9.78 Å². The lowest BCUT2D eigenvalue weighted by Gasteiger charge is -2.11. The molecule has 0 N–H and O–H groups in total. The largest absolute Gasteiger partial charge is 0.421 e. The summed E-state index contributed by atoms with van der Waals surface area (Å²) in [5.41, 5.74) is -0.970. The summed E-state index contributed by atoms with van der Waals surface area (Å²) in [6, 6.07) is 10.2. The first-order valence-corrected chi connectivity index (χ1v) is 7.36. The third-order valence-corrected chi connectivity index (χ3v) is 3.68. The number of allylic oxidation sites excluding steroid dienone is 1. The fraction of sp³-hybridized carbons (Fsp3) is 0.294. The summed E-state index contributed by atoms with van der Waals surface area (Å²) >= 11 is 0. The van der Waals surface area contributed by atoms with Gasteiger partial charge in [0.2, 0.25) is 0 Å². The van der Waals surface area contributed by atoms with Gasteiger partial charge in [-0.1, -0.05) is 42.5 Å². The van der Waals surface area contributed by atoms with E-state index in [0.29, 0.717) is 5.69 Å². The van der Waals surface area contributed by atoms with Gasteiger partial charge in [-0.25, -0.2) is 4.68 Å². The Balaban J connectivity index is 1.90. The quantitative estimate of drug-likeness (QED) is 0.857. The first kappa shape index (κ1) is 15.5. The Morgan fingerprint density at radius 3 is 2.52 bits per heavy atom. The third kappa shape index (κ3) is 3.70. The fourth-order valence-corrected chi connectivity index (χ4v) is 2.32. The molecule has 0 amide bonds. The van der Waals surface area contributed by atoms with Gasteiger partial charge in [-0.2, -0.15) is 18.3 Å². The predicted octanol–water partition coefficient (Wildman–Crippen LogP) is 3.85. The van der Waals surface area contributed by atoms with Crippen molar-refractivity contribution in [2.75, 3.05) is 0 Å². The zero-order valence-corrected chi connectivity index (χ0v) is 12.3. The van der Waals surface area contributed by atoms with Crippen molar-refractivity contribution in [2.45, 2.75) is 31.5 Å². The normalized spacial score (nSPS) is 15.3. The summed E-state index contributed by atoms with van der Waals surface area (Å²) < 4.78 is 40.0. The number of hydrogen-bond acceptors (Lipinski definition) is 2. The molecule has 1 aromatic heterocycles. The van der Waals surface area contributed by atoms with E-state index in [-0.39, 0.29) is 12.5 Å². The number of aromatic nitrogens is 2. The van der Waals surface area contributed by atoms with Crippen LogP contribution in [-0.4, -0.2) is 9.78 Å². The monoisotopic (exact) mass is 320 g/mol. The second kappa shape index (κ2) is 6.02. The summed E-state index contributed by atoms with van der Waals surface area (Å²) in [6.45, 7) is 0.0113. The Morgan fingerprint density at radius 2 is 1.91 bits per heavy atom. The molecular formula is C17H15F3N2O. The number of nitrogens with zero attached hydrogens (tertiary/aromatic N) is 2. The second-order valence-corrected chi connectivity index (χ2v) is 5.56. The minimum atomic E-state index is -4.66. The molecule has 0 radical (unpaired) electrons. The minimum Gasteiger partial charge on any atom is -0.267 e. The molecule has 0 spiro atoms. The van der Waals surface area contributed by atoms with Crippen LogP contribution in [0.5, 0.6) is 0 Å². The highest BCUT2D eigenvalue weighted by molar-refractivity contribution is 5.48. The molecule has 2 aromatic rings. The van der Waals surface area contributed by atoms with E-state index in [0.717, 1.165) is 29.2 Å². The summed E-state index contributed by atoms with van der Waals surface area (Å²) in [5, 5.41) is 4.09. The lowest BCUT2D eigenvalue weighted by atomic mass is 10.2.